The molecule has 0 saturated carbocycles. The molecule has 0 rings (SSSR count). The van der Waals surface area contributed by atoms with E-state index in [9.17, 15) is 0 Å². The molecule has 0 aromatic heterocycles. The molecule has 0 aromatic rings. The summed E-state index contributed by atoms with van der Waals surface area (Å²) in [6, 6.07) is 0. The summed E-state index contributed by atoms with van der Waals surface area (Å²) in [5, 5.41) is 25.2. The van der Waals surface area contributed by atoms with Gasteiger partial charge in [0.25, 0.3) is 0 Å². The van der Waals surface area contributed by atoms with E-state index in [1.165, 1.54) is 0 Å². The summed E-state index contributed by atoms with van der Waals surface area (Å²) >= 11 is 0. The van der Waals surface area contributed by atoms with Crippen LogP contribution in [-0.2, 0) is 0 Å². The molecular formula is BBaBiO3+2. The Labute approximate surface area is 95.5 Å². The van der Waals surface area contributed by atoms with Crippen molar-refractivity contribution in [2.75, 3.05) is 0 Å². The van der Waals surface area contributed by atoms with Crippen LogP contribution in [0, 0.1) is 0 Å². The zero-order chi connectivity index (χ0) is 3.58. The topological polar surface area (TPSA) is 69.2 Å². The van der Waals surface area contributed by atoms with Gasteiger partial charge in [0, 0.05) is 0 Å². The molecule has 0 aliphatic rings. The molecule has 0 N–H and O–H groups in total. The minimum absolute atomic E-state index is 0. The zero-order valence-corrected chi connectivity index (χ0v) is 10.9. The third kappa shape index (κ3) is 32.4. The van der Waals surface area contributed by atoms with E-state index in [1.54, 1.807) is 0 Å². The second-order valence-electron chi connectivity index (χ2n) is 0.289. The van der Waals surface area contributed by atoms with Crippen LogP contribution in [0.15, 0.2) is 0 Å². The van der Waals surface area contributed by atoms with Gasteiger partial charge in [-0.25, -0.2) is 0 Å². The van der Waals surface area contributed by atoms with Gasteiger partial charge in [0.05, 0.1) is 0 Å². The molecule has 6 heavy (non-hydrogen) atoms. The number of hydrogen-bond donors (Lipinski definition) is 0. The van der Waals surface area contributed by atoms with Crippen molar-refractivity contribution in [3.8, 4) is 0 Å². The van der Waals surface area contributed by atoms with E-state index in [-0.39, 0.29) is 75.1 Å². The van der Waals surface area contributed by atoms with Gasteiger partial charge in [-0.15, -0.1) is 0 Å². The first-order valence-corrected chi connectivity index (χ1v) is 0.707. The Morgan fingerprint density at radius 1 is 1.00 bits per heavy atom. The zero-order valence-electron chi connectivity index (χ0n) is 2.96. The Bertz CT molecular complexity index is 15.5. The molecule has 0 aromatic carbocycles. The van der Waals surface area contributed by atoms with Crippen LogP contribution < -0.4 is 15.1 Å². The first-order chi connectivity index (χ1) is 1.73. The minimum Gasteiger partial charge on any atom is -0.907 e. The Morgan fingerprint density at radius 3 is 1.00 bits per heavy atom. The summed E-state index contributed by atoms with van der Waals surface area (Å²) in [6.45, 7) is 0. The summed E-state index contributed by atoms with van der Waals surface area (Å²) in [5.74, 6) is 0. The molecule has 6 heteroatoms. The van der Waals surface area contributed by atoms with Crippen LogP contribution in [0.5, 0.6) is 0 Å². The van der Waals surface area contributed by atoms with E-state index >= 15 is 0 Å². The summed E-state index contributed by atoms with van der Waals surface area (Å²) in [5.41, 5.74) is 0. The second kappa shape index (κ2) is 10.4. The van der Waals surface area contributed by atoms with Crippen LogP contribution in [0.3, 0.4) is 0 Å². The van der Waals surface area contributed by atoms with Gasteiger partial charge in [-0.3, -0.25) is 7.32 Å². The third-order valence-electron chi connectivity index (χ3n) is 0. The van der Waals surface area contributed by atoms with E-state index in [2.05, 4.69) is 0 Å². The van der Waals surface area contributed by atoms with E-state index in [4.69, 9.17) is 15.1 Å². The monoisotopic (exact) mass is 406 g/mol. The minimum atomic E-state index is -2.92. The fraction of sp³-hybridized carbons (Fsp3) is 0. The molecule has 0 saturated heterocycles. The average molecular weight is 405 g/mol. The standard InChI is InChI=1S/BO3.Ba.Bi/c2-1(3)4;;/q-3;+2;+3. The van der Waals surface area contributed by atoms with Crippen molar-refractivity contribution in [1.29, 1.82) is 0 Å². The smallest absolute Gasteiger partial charge is 0.907 e. The fourth-order valence-electron chi connectivity index (χ4n) is 0. The molecule has 0 amide bonds. The maximum Gasteiger partial charge on any atom is 3.00 e. The predicted molar refractivity (Wildman–Crippen MR) is 17.3 cm³/mol. The van der Waals surface area contributed by atoms with Gasteiger partial charge in [-0.2, -0.15) is 0 Å². The number of rotatable bonds is 0. The van der Waals surface area contributed by atoms with E-state index < -0.39 is 7.32 Å². The molecule has 0 heterocycles. The van der Waals surface area contributed by atoms with Crippen molar-refractivity contribution >= 4 is 82.4 Å². The first-order valence-electron chi connectivity index (χ1n) is 0.707. The van der Waals surface area contributed by atoms with Crippen molar-refractivity contribution in [1.82, 2.24) is 0 Å². The third-order valence-corrected chi connectivity index (χ3v) is 0. The Kier molecular flexibility index (Phi) is 27.3. The fourth-order valence-corrected chi connectivity index (χ4v) is 0. The molecule has 26 valence electrons. The van der Waals surface area contributed by atoms with Crippen LogP contribution in [0.1, 0.15) is 0 Å². The van der Waals surface area contributed by atoms with E-state index in [0.29, 0.717) is 0 Å². The molecule has 2 radical (unpaired) electrons. The summed E-state index contributed by atoms with van der Waals surface area (Å²) in [6.07, 6.45) is 0. The van der Waals surface area contributed by atoms with Crippen molar-refractivity contribution in [3.05, 3.63) is 0 Å². The van der Waals surface area contributed by atoms with E-state index in [0.717, 1.165) is 0 Å². The Morgan fingerprint density at radius 2 is 1.00 bits per heavy atom. The molecule has 0 atom stereocenters. The van der Waals surface area contributed by atoms with Gasteiger partial charge in [-0.05, 0) is 0 Å². The van der Waals surface area contributed by atoms with Crippen molar-refractivity contribution in [2.24, 2.45) is 0 Å². The predicted octanol–water partition coefficient (Wildman–Crippen LogP) is -4.71. The van der Waals surface area contributed by atoms with Gasteiger partial charge < -0.3 is 15.1 Å². The SMILES string of the molecule is [Ba+2].[Bi+3].[O-]B([O-])[O-]. The second-order valence-corrected chi connectivity index (χ2v) is 0.289. The molecular weight excluding hydrogens is 405 g/mol. The van der Waals surface area contributed by atoms with Crippen LogP contribution in [0.4, 0.5) is 0 Å². The normalized spacial score (nSPS) is 4.50. The Balaban J connectivity index is -0.0000000450. The van der Waals surface area contributed by atoms with Crippen molar-refractivity contribution < 1.29 is 15.1 Å². The van der Waals surface area contributed by atoms with Crippen molar-refractivity contribution in [3.63, 3.8) is 0 Å². The summed E-state index contributed by atoms with van der Waals surface area (Å²) in [7, 11) is -2.92. The molecule has 0 aliphatic carbocycles. The molecule has 0 unspecified atom stereocenters. The summed E-state index contributed by atoms with van der Waals surface area (Å²) < 4.78 is 0. The molecule has 0 spiro atoms. The van der Waals surface area contributed by atoms with Crippen molar-refractivity contribution in [2.45, 2.75) is 0 Å². The molecule has 0 aliphatic heterocycles. The van der Waals surface area contributed by atoms with Gasteiger partial charge in [0.2, 0.25) is 0 Å². The maximum absolute atomic E-state index is 8.42. The Hall–Kier alpha value is 2.40. The van der Waals surface area contributed by atoms with E-state index in [1.807, 2.05) is 0 Å². The van der Waals surface area contributed by atoms with Gasteiger partial charge in [0.15, 0.2) is 0 Å². The number of hydrogen-bond acceptors (Lipinski definition) is 3. The van der Waals surface area contributed by atoms with Crippen LogP contribution in [0.2, 0.25) is 0 Å². The van der Waals surface area contributed by atoms with Crippen LogP contribution in [-0.4, -0.2) is 82.4 Å². The molecule has 0 fully saturated rings. The average Bonchev–Trinajstić information content (AvgIpc) is 0.811. The van der Waals surface area contributed by atoms with Crippen LogP contribution >= 0.6 is 0 Å². The quantitative estimate of drug-likeness (QED) is 0.381. The first kappa shape index (κ1) is 15.8. The maximum atomic E-state index is 8.42. The molecule has 3 nitrogen and oxygen atoms in total. The van der Waals surface area contributed by atoms with Gasteiger partial charge in [-0.1, -0.05) is 0 Å². The van der Waals surface area contributed by atoms with Gasteiger partial charge in [0.1, 0.15) is 0 Å². The molecule has 0 bridgehead atoms. The summed E-state index contributed by atoms with van der Waals surface area (Å²) in [4.78, 5) is 0. The van der Waals surface area contributed by atoms with Gasteiger partial charge >= 0.3 is 75.1 Å². The van der Waals surface area contributed by atoms with Crippen LogP contribution in [0.25, 0.3) is 0 Å². The largest absolute Gasteiger partial charge is 3.00 e.